The van der Waals surface area contributed by atoms with Crippen molar-refractivity contribution in [2.24, 2.45) is 5.92 Å². The largest absolute Gasteiger partial charge is 0.452 e. The average Bonchev–Trinajstić information content (AvgIpc) is 3.11. The van der Waals surface area contributed by atoms with Gasteiger partial charge in [0.25, 0.3) is 0 Å². The van der Waals surface area contributed by atoms with Gasteiger partial charge in [-0.2, -0.15) is 0 Å². The Bertz CT molecular complexity index is 1620. The molecule has 2 aliphatic rings. The Labute approximate surface area is 293 Å². The number of rotatable bonds is 9. The number of esters is 3. The quantitative estimate of drug-likeness (QED) is 0.175. The molecule has 8 atom stereocenters. The van der Waals surface area contributed by atoms with Crippen molar-refractivity contribution in [1.82, 2.24) is 4.72 Å². The topological polar surface area (TPSA) is 137 Å². The number of ether oxygens (including phenoxy) is 4. The Kier molecular flexibility index (Phi) is 12.5. The smallest absolute Gasteiger partial charge is 0.338 e. The van der Waals surface area contributed by atoms with Crippen molar-refractivity contribution in [1.29, 1.82) is 0 Å². The van der Waals surface area contributed by atoms with Crippen LogP contribution in [0, 0.1) is 5.92 Å². The maximum Gasteiger partial charge on any atom is 0.338 e. The number of aliphatic hydroxyl groups excluding tert-OH is 1. The number of hydrogen-bond donors (Lipinski definition) is 2. The maximum absolute atomic E-state index is 13.7. The van der Waals surface area contributed by atoms with Gasteiger partial charge in [-0.3, -0.25) is 0 Å². The Morgan fingerprint density at radius 2 is 1.27 bits per heavy atom. The standard InChI is InChI=1S/C37H41NO9S2/c1-37(2,3)49(43)38-28-21-13-14-24(22-39)23-48-36-32(46-35(42)27-19-11-6-12-20-27)31(45-34(41)26-17-9-5-10-18-26)30(29(28)47-36)44-33(40)25-15-7-4-8-16-25/h4-20,24,28-32,36,38-39H,21-23H2,1-3H3/b14-13-/t24-,28+,29+,30-,31-,32+,36+,49+/m0/s1. The third-order valence-electron chi connectivity index (χ3n) is 8.01. The van der Waals surface area contributed by atoms with Gasteiger partial charge in [-0.05, 0) is 63.6 Å². The maximum atomic E-state index is 13.7. The van der Waals surface area contributed by atoms with Crippen LogP contribution in [0.1, 0.15) is 58.3 Å². The van der Waals surface area contributed by atoms with Crippen molar-refractivity contribution in [2.75, 3.05) is 12.4 Å². The summed E-state index contributed by atoms with van der Waals surface area (Å²) >= 11 is 1.28. The van der Waals surface area contributed by atoms with Gasteiger partial charge in [0.2, 0.25) is 0 Å². The lowest BCUT2D eigenvalue weighted by atomic mass is 9.92. The monoisotopic (exact) mass is 707 g/mol. The van der Waals surface area contributed by atoms with Crippen molar-refractivity contribution in [3.05, 3.63) is 120 Å². The Morgan fingerprint density at radius 1 is 0.796 bits per heavy atom. The molecule has 10 nitrogen and oxygen atoms in total. The highest BCUT2D eigenvalue weighted by Gasteiger charge is 2.55. The fraction of sp³-hybridized carbons (Fsp3) is 0.378. The molecule has 0 aromatic heterocycles. The second kappa shape index (κ2) is 16.7. The molecule has 0 aliphatic carbocycles. The van der Waals surface area contributed by atoms with Crippen LogP contribution in [0.25, 0.3) is 0 Å². The molecule has 260 valence electrons. The van der Waals surface area contributed by atoms with E-state index >= 15 is 0 Å². The molecule has 0 amide bonds. The zero-order valence-corrected chi connectivity index (χ0v) is 29.1. The van der Waals surface area contributed by atoms with Crippen LogP contribution in [0.2, 0.25) is 0 Å². The summed E-state index contributed by atoms with van der Waals surface area (Å²) in [4.78, 5) is 41.1. The molecule has 2 bridgehead atoms. The van der Waals surface area contributed by atoms with Gasteiger partial charge in [0.1, 0.15) is 11.5 Å². The second-order valence-electron chi connectivity index (χ2n) is 12.7. The molecule has 2 aliphatic heterocycles. The molecular weight excluding hydrogens is 667 g/mol. The van der Waals surface area contributed by atoms with Gasteiger partial charge in [0.05, 0.1) is 45.1 Å². The van der Waals surface area contributed by atoms with Gasteiger partial charge in [-0.15, -0.1) is 11.8 Å². The first-order chi connectivity index (χ1) is 23.5. The lowest BCUT2D eigenvalue weighted by Gasteiger charge is -2.47. The SMILES string of the molecule is CC(C)(C)[S@@](=O)N[C@@H]1C/C=C\[C@@H](CO)CS[C@H]2O[C@H]1[C@H](OC(=O)c1ccccc1)[C@H](OC(=O)c1ccccc1)[C@H]2OC(=O)c1ccccc1. The zero-order valence-electron chi connectivity index (χ0n) is 27.5. The fourth-order valence-corrected chi connectivity index (χ4v) is 7.47. The molecule has 0 radical (unpaired) electrons. The number of fused-ring (bicyclic) bond motifs is 2. The highest BCUT2D eigenvalue weighted by atomic mass is 32.2. The lowest BCUT2D eigenvalue weighted by molar-refractivity contribution is -0.205. The molecular formula is C37H41NO9S2. The first kappa shape index (κ1) is 36.5. The summed E-state index contributed by atoms with van der Waals surface area (Å²) in [5.74, 6) is -2.02. The van der Waals surface area contributed by atoms with Gasteiger partial charge in [0.15, 0.2) is 18.3 Å². The third-order valence-corrected chi connectivity index (χ3v) is 11.0. The molecule has 3 aromatic carbocycles. The van der Waals surface area contributed by atoms with Crippen LogP contribution in [0.15, 0.2) is 103 Å². The van der Waals surface area contributed by atoms with E-state index in [9.17, 15) is 23.7 Å². The van der Waals surface area contributed by atoms with Crippen molar-refractivity contribution in [2.45, 2.75) is 67.8 Å². The first-order valence-electron chi connectivity index (χ1n) is 16.1. The predicted molar refractivity (Wildman–Crippen MR) is 187 cm³/mol. The van der Waals surface area contributed by atoms with Crippen LogP contribution in [0.3, 0.4) is 0 Å². The lowest BCUT2D eigenvalue weighted by Crippen LogP contribution is -2.65. The molecule has 2 heterocycles. The van der Waals surface area contributed by atoms with E-state index in [1.165, 1.54) is 11.8 Å². The molecule has 12 heteroatoms. The summed E-state index contributed by atoms with van der Waals surface area (Å²) in [6.07, 6.45) is -0.933. The summed E-state index contributed by atoms with van der Waals surface area (Å²) in [5, 5.41) is 10.1. The van der Waals surface area contributed by atoms with Gasteiger partial charge < -0.3 is 24.1 Å². The van der Waals surface area contributed by atoms with E-state index in [0.717, 1.165) is 0 Å². The molecule has 3 aromatic rings. The van der Waals surface area contributed by atoms with Gasteiger partial charge in [-0.25, -0.2) is 23.3 Å². The third kappa shape index (κ3) is 9.46. The van der Waals surface area contributed by atoms with Crippen LogP contribution in [0.4, 0.5) is 0 Å². The molecule has 0 spiro atoms. The molecule has 2 N–H and O–H groups in total. The van der Waals surface area contributed by atoms with Gasteiger partial charge in [0, 0.05) is 11.7 Å². The molecule has 0 unspecified atom stereocenters. The van der Waals surface area contributed by atoms with E-state index in [2.05, 4.69) is 4.72 Å². The van der Waals surface area contributed by atoms with Crippen LogP contribution < -0.4 is 4.72 Å². The summed E-state index contributed by atoms with van der Waals surface area (Å²) in [7, 11) is -1.59. The molecule has 0 saturated carbocycles. The number of hydrogen-bond acceptors (Lipinski definition) is 10. The summed E-state index contributed by atoms with van der Waals surface area (Å²) < 4.78 is 41.3. The number of carbonyl (C=O) groups excluding carboxylic acids is 3. The second-order valence-corrected chi connectivity index (χ2v) is 15.9. The molecule has 1 fully saturated rings. The van der Waals surface area contributed by atoms with Crippen LogP contribution in [-0.4, -0.2) is 80.2 Å². The predicted octanol–water partition coefficient (Wildman–Crippen LogP) is 5.11. The number of carbonyl (C=O) groups is 3. The van der Waals surface area contributed by atoms with E-state index in [-0.39, 0.29) is 35.6 Å². The zero-order chi connectivity index (χ0) is 35.0. The minimum absolute atomic E-state index is 0.149. The van der Waals surface area contributed by atoms with Crippen molar-refractivity contribution < 1.29 is 42.6 Å². The van der Waals surface area contributed by atoms with Crippen molar-refractivity contribution >= 4 is 40.7 Å². The minimum atomic E-state index is -1.59. The first-order valence-corrected chi connectivity index (χ1v) is 18.3. The molecule has 5 rings (SSSR count). The van der Waals surface area contributed by atoms with E-state index in [4.69, 9.17) is 18.9 Å². The Morgan fingerprint density at radius 3 is 1.73 bits per heavy atom. The van der Waals surface area contributed by atoms with Crippen LogP contribution in [-0.2, 0) is 29.9 Å². The number of thioether (sulfide) groups is 1. The minimum Gasteiger partial charge on any atom is -0.452 e. The van der Waals surface area contributed by atoms with E-state index < -0.39 is 69.5 Å². The number of aliphatic hydroxyl groups is 1. The van der Waals surface area contributed by atoms with E-state index in [1.54, 1.807) is 91.0 Å². The number of nitrogens with one attached hydrogen (secondary N) is 1. The summed E-state index contributed by atoms with van der Waals surface area (Å²) in [6.45, 7) is 5.32. The van der Waals surface area contributed by atoms with Crippen molar-refractivity contribution in [3.63, 3.8) is 0 Å². The van der Waals surface area contributed by atoms with Crippen LogP contribution in [0.5, 0.6) is 0 Å². The Balaban J connectivity index is 1.63. The number of benzene rings is 3. The highest BCUT2D eigenvalue weighted by Crippen LogP contribution is 2.38. The van der Waals surface area contributed by atoms with Crippen LogP contribution >= 0.6 is 11.8 Å². The van der Waals surface area contributed by atoms with Gasteiger partial charge in [-0.1, -0.05) is 66.7 Å². The van der Waals surface area contributed by atoms with E-state index in [0.29, 0.717) is 5.75 Å². The summed E-state index contributed by atoms with van der Waals surface area (Å²) in [5.41, 5.74) is -0.190. The van der Waals surface area contributed by atoms with E-state index in [1.807, 2.05) is 32.9 Å². The van der Waals surface area contributed by atoms with Gasteiger partial charge >= 0.3 is 17.9 Å². The summed E-state index contributed by atoms with van der Waals surface area (Å²) in [6, 6.07) is 24.3. The Hall–Kier alpha value is -3.81. The molecule has 49 heavy (non-hydrogen) atoms. The average molecular weight is 708 g/mol. The fourth-order valence-electron chi connectivity index (χ4n) is 5.35. The normalized spacial score (nSPS) is 26.8. The van der Waals surface area contributed by atoms with Crippen molar-refractivity contribution in [3.8, 4) is 0 Å². The highest BCUT2D eigenvalue weighted by molar-refractivity contribution is 7.99. The molecule has 1 saturated heterocycles.